The predicted octanol–water partition coefficient (Wildman–Crippen LogP) is -0.667. The maximum atomic E-state index is 11.3. The van der Waals surface area contributed by atoms with Crippen LogP contribution in [-0.2, 0) is 19.1 Å². The molecule has 7 nitrogen and oxygen atoms in total. The highest BCUT2D eigenvalue weighted by atomic mass is 16.6. The average Bonchev–Trinajstić information content (AvgIpc) is 2.26. The summed E-state index contributed by atoms with van der Waals surface area (Å²) in [6.07, 6.45) is 0.200. The second-order valence-electron chi connectivity index (χ2n) is 4.94. The summed E-state index contributed by atoms with van der Waals surface area (Å²) in [6.45, 7) is 5.06. The van der Waals surface area contributed by atoms with E-state index in [2.05, 4.69) is 10.6 Å². The smallest absolute Gasteiger partial charge is 0.308 e. The van der Waals surface area contributed by atoms with Crippen molar-refractivity contribution in [1.82, 2.24) is 10.6 Å². The van der Waals surface area contributed by atoms with Crippen LogP contribution in [0.15, 0.2) is 0 Å². The summed E-state index contributed by atoms with van der Waals surface area (Å²) in [6, 6.07) is 0. The van der Waals surface area contributed by atoms with E-state index < -0.39 is 18.1 Å². The van der Waals surface area contributed by atoms with Gasteiger partial charge in [-0.2, -0.15) is 0 Å². The molecule has 0 aliphatic carbocycles. The van der Waals surface area contributed by atoms with Gasteiger partial charge in [-0.25, -0.2) is 0 Å². The molecule has 0 aromatic heterocycles. The number of esters is 1. The van der Waals surface area contributed by atoms with Crippen LogP contribution < -0.4 is 10.6 Å². The highest BCUT2D eigenvalue weighted by Gasteiger charge is 2.15. The second-order valence-corrected chi connectivity index (χ2v) is 4.94. The van der Waals surface area contributed by atoms with Gasteiger partial charge >= 0.3 is 5.97 Å². The molecule has 0 aromatic rings. The van der Waals surface area contributed by atoms with Gasteiger partial charge in [0.2, 0.25) is 11.8 Å². The van der Waals surface area contributed by atoms with E-state index in [1.165, 1.54) is 0 Å². The van der Waals surface area contributed by atoms with Crippen LogP contribution in [0.1, 0.15) is 33.6 Å². The molecule has 0 aromatic carbocycles. The number of aliphatic hydroxyl groups is 1. The Hall–Kier alpha value is -1.63. The second kappa shape index (κ2) is 8.47. The first-order valence-electron chi connectivity index (χ1n) is 6.10. The van der Waals surface area contributed by atoms with Crippen LogP contribution in [0.2, 0.25) is 0 Å². The number of rotatable bonds is 7. The van der Waals surface area contributed by atoms with Crippen molar-refractivity contribution in [3.63, 3.8) is 0 Å². The van der Waals surface area contributed by atoms with Crippen molar-refractivity contribution < 1.29 is 24.2 Å². The lowest BCUT2D eigenvalue weighted by Gasteiger charge is -2.19. The predicted molar refractivity (Wildman–Crippen MR) is 68.2 cm³/mol. The maximum Gasteiger partial charge on any atom is 0.308 e. The molecule has 7 heteroatoms. The Balaban J connectivity index is 3.64. The minimum atomic E-state index is -0.597. The Morgan fingerprint density at radius 2 is 1.53 bits per heavy atom. The zero-order valence-electron chi connectivity index (χ0n) is 11.6. The number of nitrogens with one attached hydrogen (secondary N) is 2. The van der Waals surface area contributed by atoms with Crippen LogP contribution in [0.25, 0.3) is 0 Å². The van der Waals surface area contributed by atoms with Gasteiger partial charge in [0.15, 0.2) is 0 Å². The van der Waals surface area contributed by atoms with Gasteiger partial charge in [0.05, 0.1) is 6.42 Å². The van der Waals surface area contributed by atoms with Gasteiger partial charge in [0.1, 0.15) is 12.2 Å². The standard InChI is InChI=1S/C12H22N2O5/c1-12(2,3)19-11(18)5-7-13-9(16)4-6-14-10(17)8-15/h15H,4-8H2,1-3H3,(H,13,16)(H,14,17). The summed E-state index contributed by atoms with van der Waals surface area (Å²) in [5.41, 5.74) is -0.532. The van der Waals surface area contributed by atoms with Crippen molar-refractivity contribution in [3.05, 3.63) is 0 Å². The van der Waals surface area contributed by atoms with Gasteiger partial charge in [-0.1, -0.05) is 0 Å². The fourth-order valence-corrected chi connectivity index (χ4v) is 1.16. The molecule has 0 aliphatic heterocycles. The van der Waals surface area contributed by atoms with E-state index in [9.17, 15) is 14.4 Å². The molecule has 110 valence electrons. The molecule has 0 rings (SSSR count). The monoisotopic (exact) mass is 274 g/mol. The Kier molecular flexibility index (Phi) is 7.74. The summed E-state index contributed by atoms with van der Waals surface area (Å²) in [4.78, 5) is 33.3. The van der Waals surface area contributed by atoms with Crippen LogP contribution in [0, 0.1) is 0 Å². The van der Waals surface area contributed by atoms with Gasteiger partial charge < -0.3 is 20.5 Å². The first kappa shape index (κ1) is 17.4. The lowest BCUT2D eigenvalue weighted by molar-refractivity contribution is -0.154. The van der Waals surface area contributed by atoms with Gasteiger partial charge in [0, 0.05) is 19.5 Å². The Bertz CT molecular complexity index is 323. The highest BCUT2D eigenvalue weighted by molar-refractivity contribution is 5.79. The third-order valence-electron chi connectivity index (χ3n) is 1.89. The first-order valence-corrected chi connectivity index (χ1v) is 6.10. The normalized spacial score (nSPS) is 10.7. The number of amides is 2. The summed E-state index contributed by atoms with van der Waals surface area (Å²) in [5.74, 6) is -1.18. The van der Waals surface area contributed by atoms with Gasteiger partial charge in [-0.15, -0.1) is 0 Å². The van der Waals surface area contributed by atoms with Crippen molar-refractivity contribution in [3.8, 4) is 0 Å². The minimum Gasteiger partial charge on any atom is -0.460 e. The average molecular weight is 274 g/mol. The van der Waals surface area contributed by atoms with Crippen LogP contribution in [0.5, 0.6) is 0 Å². The SMILES string of the molecule is CC(C)(C)OC(=O)CCNC(=O)CCNC(=O)CO. The Morgan fingerprint density at radius 3 is 2.05 bits per heavy atom. The summed E-state index contributed by atoms with van der Waals surface area (Å²) in [5, 5.41) is 13.3. The van der Waals surface area contributed by atoms with Crippen molar-refractivity contribution in [1.29, 1.82) is 0 Å². The van der Waals surface area contributed by atoms with E-state index in [-0.39, 0.29) is 37.8 Å². The number of carbonyl (C=O) groups is 3. The molecule has 0 saturated heterocycles. The van der Waals surface area contributed by atoms with Crippen LogP contribution in [0.4, 0.5) is 0 Å². The third kappa shape index (κ3) is 11.2. The largest absolute Gasteiger partial charge is 0.460 e. The summed E-state index contributed by atoms with van der Waals surface area (Å²) in [7, 11) is 0. The topological polar surface area (TPSA) is 105 Å². The summed E-state index contributed by atoms with van der Waals surface area (Å²) < 4.78 is 5.07. The maximum absolute atomic E-state index is 11.3. The molecule has 0 aliphatic rings. The van der Waals surface area contributed by atoms with E-state index in [1.54, 1.807) is 20.8 Å². The van der Waals surface area contributed by atoms with Gasteiger partial charge in [-0.3, -0.25) is 14.4 Å². The van der Waals surface area contributed by atoms with Crippen LogP contribution in [-0.4, -0.2) is 48.2 Å². The Labute approximate surface area is 112 Å². The number of hydrogen-bond donors (Lipinski definition) is 3. The Morgan fingerprint density at radius 1 is 1.00 bits per heavy atom. The quantitative estimate of drug-likeness (QED) is 0.534. The van der Waals surface area contributed by atoms with E-state index in [4.69, 9.17) is 9.84 Å². The lowest BCUT2D eigenvalue weighted by atomic mass is 10.2. The molecule has 19 heavy (non-hydrogen) atoms. The molecule has 0 fully saturated rings. The molecule has 0 radical (unpaired) electrons. The summed E-state index contributed by atoms with van der Waals surface area (Å²) >= 11 is 0. The molecular formula is C12H22N2O5. The fourth-order valence-electron chi connectivity index (χ4n) is 1.16. The molecule has 0 spiro atoms. The zero-order valence-corrected chi connectivity index (χ0v) is 11.6. The minimum absolute atomic E-state index is 0.0973. The van der Waals surface area contributed by atoms with Gasteiger partial charge in [-0.05, 0) is 20.8 Å². The molecule has 0 heterocycles. The number of hydrogen-bond acceptors (Lipinski definition) is 5. The third-order valence-corrected chi connectivity index (χ3v) is 1.89. The van der Waals surface area contributed by atoms with E-state index in [1.807, 2.05) is 0 Å². The van der Waals surface area contributed by atoms with Crippen LogP contribution in [0.3, 0.4) is 0 Å². The number of ether oxygens (including phenoxy) is 1. The molecule has 0 unspecified atom stereocenters. The highest BCUT2D eigenvalue weighted by Crippen LogP contribution is 2.07. The van der Waals surface area contributed by atoms with Crippen molar-refractivity contribution in [2.24, 2.45) is 0 Å². The molecule has 0 bridgehead atoms. The molecule has 2 amide bonds. The van der Waals surface area contributed by atoms with E-state index in [0.29, 0.717) is 0 Å². The van der Waals surface area contributed by atoms with Crippen molar-refractivity contribution in [2.75, 3.05) is 19.7 Å². The number of carbonyl (C=O) groups excluding carboxylic acids is 3. The lowest BCUT2D eigenvalue weighted by Crippen LogP contribution is -2.33. The van der Waals surface area contributed by atoms with E-state index >= 15 is 0 Å². The molecular weight excluding hydrogens is 252 g/mol. The first-order chi connectivity index (χ1) is 8.74. The molecule has 3 N–H and O–H groups in total. The molecule has 0 saturated carbocycles. The number of aliphatic hydroxyl groups excluding tert-OH is 1. The zero-order chi connectivity index (χ0) is 14.9. The van der Waals surface area contributed by atoms with Crippen LogP contribution >= 0.6 is 0 Å². The molecule has 0 atom stereocenters. The van der Waals surface area contributed by atoms with E-state index in [0.717, 1.165) is 0 Å². The van der Waals surface area contributed by atoms with Crippen molar-refractivity contribution >= 4 is 17.8 Å². The van der Waals surface area contributed by atoms with Crippen molar-refractivity contribution in [2.45, 2.75) is 39.2 Å². The fraction of sp³-hybridized carbons (Fsp3) is 0.750. The van der Waals surface area contributed by atoms with Gasteiger partial charge in [0.25, 0.3) is 0 Å².